The van der Waals surface area contributed by atoms with E-state index < -0.39 is 0 Å². The second-order valence-corrected chi connectivity index (χ2v) is 5.53. The van der Waals surface area contributed by atoms with Crippen LogP contribution >= 0.6 is 11.6 Å². The molecule has 1 aliphatic heterocycles. The summed E-state index contributed by atoms with van der Waals surface area (Å²) in [6.07, 6.45) is 8.04. The molecule has 3 atom stereocenters. The Balaban J connectivity index is 1.86. The number of nitrogens with zero attached hydrogens (tertiary/aromatic N) is 1. The van der Waals surface area contributed by atoms with Gasteiger partial charge < -0.3 is 4.74 Å². The predicted molar refractivity (Wildman–Crippen MR) is 63.5 cm³/mol. The zero-order valence-corrected chi connectivity index (χ0v) is 10.4. The van der Waals surface area contributed by atoms with Gasteiger partial charge in [-0.2, -0.15) is 0 Å². The Labute approximate surface area is 97.9 Å². The molecule has 3 heteroatoms. The van der Waals surface area contributed by atoms with Crippen LogP contribution in [0.4, 0.5) is 0 Å². The Hall–Kier alpha value is 0.210. The molecule has 0 spiro atoms. The van der Waals surface area contributed by atoms with Crippen LogP contribution in [0.3, 0.4) is 0 Å². The van der Waals surface area contributed by atoms with Gasteiger partial charge in [0.15, 0.2) is 0 Å². The van der Waals surface area contributed by atoms with Crippen LogP contribution in [0.25, 0.3) is 0 Å². The van der Waals surface area contributed by atoms with Crippen molar-refractivity contribution in [2.45, 2.75) is 56.0 Å². The number of likely N-dealkylation sites (tertiary alicyclic amines) is 1. The van der Waals surface area contributed by atoms with Crippen molar-refractivity contribution in [2.75, 3.05) is 20.2 Å². The molecule has 1 saturated heterocycles. The number of rotatable bonds is 2. The number of alkyl halides is 1. The average Bonchev–Trinajstić information content (AvgIpc) is 2.29. The van der Waals surface area contributed by atoms with Gasteiger partial charge in [0.05, 0.1) is 6.10 Å². The third kappa shape index (κ3) is 3.08. The van der Waals surface area contributed by atoms with Crippen molar-refractivity contribution in [2.24, 2.45) is 0 Å². The van der Waals surface area contributed by atoms with Crippen LogP contribution in [0.15, 0.2) is 0 Å². The van der Waals surface area contributed by atoms with E-state index in [2.05, 4.69) is 4.90 Å². The van der Waals surface area contributed by atoms with Gasteiger partial charge in [-0.3, -0.25) is 4.90 Å². The summed E-state index contributed by atoms with van der Waals surface area (Å²) in [5.74, 6) is 0. The van der Waals surface area contributed by atoms with Gasteiger partial charge in [0, 0.05) is 25.1 Å². The number of halogens is 1. The molecule has 1 heterocycles. The number of piperidine rings is 1. The summed E-state index contributed by atoms with van der Waals surface area (Å²) in [6, 6.07) is 0.727. The SMILES string of the molecule is COC1CCCC(N2CCCC(Cl)C2)C1. The third-order valence-corrected chi connectivity index (χ3v) is 4.20. The molecule has 0 amide bonds. The van der Waals surface area contributed by atoms with Gasteiger partial charge in [-0.15, -0.1) is 11.6 Å². The highest BCUT2D eigenvalue weighted by atomic mass is 35.5. The van der Waals surface area contributed by atoms with Crippen LogP contribution in [-0.2, 0) is 4.74 Å². The summed E-state index contributed by atoms with van der Waals surface area (Å²) in [5.41, 5.74) is 0. The van der Waals surface area contributed by atoms with Crippen LogP contribution in [-0.4, -0.2) is 42.6 Å². The number of ether oxygens (including phenoxy) is 1. The minimum atomic E-state index is 0.377. The molecule has 88 valence electrons. The van der Waals surface area contributed by atoms with Crippen molar-refractivity contribution >= 4 is 11.6 Å². The fourth-order valence-corrected chi connectivity index (χ4v) is 3.28. The monoisotopic (exact) mass is 231 g/mol. The lowest BCUT2D eigenvalue weighted by Gasteiger charge is -2.40. The Morgan fingerprint density at radius 1 is 1.20 bits per heavy atom. The smallest absolute Gasteiger partial charge is 0.0586 e. The molecule has 15 heavy (non-hydrogen) atoms. The summed E-state index contributed by atoms with van der Waals surface area (Å²) in [7, 11) is 1.84. The second-order valence-electron chi connectivity index (χ2n) is 4.91. The summed E-state index contributed by atoms with van der Waals surface area (Å²) in [4.78, 5) is 2.59. The van der Waals surface area contributed by atoms with Gasteiger partial charge in [0.1, 0.15) is 0 Å². The van der Waals surface area contributed by atoms with Gasteiger partial charge in [-0.1, -0.05) is 0 Å². The zero-order valence-electron chi connectivity index (χ0n) is 9.62. The molecule has 2 aliphatic rings. The third-order valence-electron chi connectivity index (χ3n) is 3.84. The first-order valence-corrected chi connectivity index (χ1v) is 6.64. The van der Waals surface area contributed by atoms with Crippen molar-refractivity contribution in [3.8, 4) is 0 Å². The van der Waals surface area contributed by atoms with Crippen molar-refractivity contribution in [3.63, 3.8) is 0 Å². The number of hydrogen-bond acceptors (Lipinski definition) is 2. The normalized spacial score (nSPS) is 39.2. The van der Waals surface area contributed by atoms with Gasteiger partial charge in [-0.25, -0.2) is 0 Å². The molecular formula is C12H22ClNO. The molecule has 1 saturated carbocycles. The first-order chi connectivity index (χ1) is 7.29. The molecule has 0 N–H and O–H groups in total. The Kier molecular flexibility index (Phi) is 4.30. The van der Waals surface area contributed by atoms with Crippen molar-refractivity contribution in [3.05, 3.63) is 0 Å². The van der Waals surface area contributed by atoms with Crippen LogP contribution < -0.4 is 0 Å². The molecule has 0 aromatic rings. The van der Waals surface area contributed by atoms with Crippen LogP contribution in [0, 0.1) is 0 Å². The molecule has 0 aromatic carbocycles. The Morgan fingerprint density at radius 3 is 2.80 bits per heavy atom. The van der Waals surface area contributed by atoms with E-state index in [1.165, 1.54) is 45.1 Å². The van der Waals surface area contributed by atoms with Crippen molar-refractivity contribution in [1.82, 2.24) is 4.90 Å². The zero-order chi connectivity index (χ0) is 10.7. The van der Waals surface area contributed by atoms with E-state index in [0.717, 1.165) is 12.6 Å². The summed E-state index contributed by atoms with van der Waals surface area (Å²) >= 11 is 6.23. The molecule has 0 bridgehead atoms. The fourth-order valence-electron chi connectivity index (χ4n) is 2.95. The Bertz CT molecular complexity index is 200. The minimum absolute atomic E-state index is 0.377. The maximum Gasteiger partial charge on any atom is 0.0586 e. The van der Waals surface area contributed by atoms with E-state index in [1.54, 1.807) is 0 Å². The van der Waals surface area contributed by atoms with E-state index in [1.807, 2.05) is 7.11 Å². The maximum atomic E-state index is 6.23. The second kappa shape index (κ2) is 5.51. The first-order valence-electron chi connectivity index (χ1n) is 6.20. The molecule has 0 radical (unpaired) electrons. The molecule has 2 rings (SSSR count). The molecular weight excluding hydrogens is 210 g/mol. The quantitative estimate of drug-likeness (QED) is 0.678. The van der Waals surface area contributed by atoms with Crippen molar-refractivity contribution in [1.29, 1.82) is 0 Å². The topological polar surface area (TPSA) is 12.5 Å². The van der Waals surface area contributed by atoms with E-state index in [0.29, 0.717) is 11.5 Å². The lowest BCUT2D eigenvalue weighted by molar-refractivity contribution is 0.0231. The van der Waals surface area contributed by atoms with Gasteiger partial charge in [0.2, 0.25) is 0 Å². The standard InChI is InChI=1S/C12H22ClNO/c1-15-12-6-2-5-11(8-12)14-7-3-4-10(13)9-14/h10-12H,2-9H2,1H3. The van der Waals surface area contributed by atoms with Crippen LogP contribution in [0.5, 0.6) is 0 Å². The highest BCUT2D eigenvalue weighted by Crippen LogP contribution is 2.27. The fraction of sp³-hybridized carbons (Fsp3) is 1.00. The van der Waals surface area contributed by atoms with E-state index in [4.69, 9.17) is 16.3 Å². The number of hydrogen-bond donors (Lipinski definition) is 0. The molecule has 1 aliphatic carbocycles. The molecule has 0 aromatic heterocycles. The van der Waals surface area contributed by atoms with E-state index >= 15 is 0 Å². The maximum absolute atomic E-state index is 6.23. The summed E-state index contributed by atoms with van der Waals surface area (Å²) < 4.78 is 5.48. The number of methoxy groups -OCH3 is 1. The van der Waals surface area contributed by atoms with Crippen LogP contribution in [0.2, 0.25) is 0 Å². The average molecular weight is 232 g/mol. The molecule has 2 fully saturated rings. The molecule has 3 unspecified atom stereocenters. The highest BCUT2D eigenvalue weighted by molar-refractivity contribution is 6.20. The van der Waals surface area contributed by atoms with Gasteiger partial charge in [0.25, 0.3) is 0 Å². The summed E-state index contributed by atoms with van der Waals surface area (Å²) in [6.45, 7) is 2.33. The molecule has 2 nitrogen and oxygen atoms in total. The van der Waals surface area contributed by atoms with E-state index in [-0.39, 0.29) is 0 Å². The van der Waals surface area contributed by atoms with Crippen molar-refractivity contribution < 1.29 is 4.74 Å². The predicted octanol–water partition coefficient (Wildman–Crippen LogP) is 2.65. The van der Waals surface area contributed by atoms with Gasteiger partial charge >= 0.3 is 0 Å². The Morgan fingerprint density at radius 2 is 2.07 bits per heavy atom. The lowest BCUT2D eigenvalue weighted by atomic mass is 9.90. The lowest BCUT2D eigenvalue weighted by Crippen LogP contribution is -2.46. The highest BCUT2D eigenvalue weighted by Gasteiger charge is 2.29. The van der Waals surface area contributed by atoms with Crippen LogP contribution in [0.1, 0.15) is 38.5 Å². The van der Waals surface area contributed by atoms with E-state index in [9.17, 15) is 0 Å². The summed E-state index contributed by atoms with van der Waals surface area (Å²) in [5, 5.41) is 0.377. The minimum Gasteiger partial charge on any atom is -0.381 e. The van der Waals surface area contributed by atoms with Gasteiger partial charge in [-0.05, 0) is 45.1 Å². The largest absolute Gasteiger partial charge is 0.381 e. The first kappa shape index (κ1) is 11.7.